The Kier molecular flexibility index (Phi) is 70.9. The smallest absolute Gasteiger partial charge is 0.462 e. The van der Waals surface area contributed by atoms with E-state index in [1.54, 1.807) is 0 Å². The summed E-state index contributed by atoms with van der Waals surface area (Å²) in [5, 5.41) is 10.6. The Morgan fingerprint density at radius 2 is 0.455 bits per heavy atom. The van der Waals surface area contributed by atoms with E-state index in [1.165, 1.54) is 231 Å². The molecule has 17 nitrogen and oxygen atoms in total. The molecule has 0 fully saturated rings. The molecule has 0 aliphatic rings. The third-order valence-corrected chi connectivity index (χ3v) is 21.0. The number of hydrogen-bond acceptors (Lipinski definition) is 15. The van der Waals surface area contributed by atoms with Crippen LogP contribution in [0.15, 0.2) is 0 Å². The fourth-order valence-corrected chi connectivity index (χ4v) is 14.2. The quantitative estimate of drug-likeness (QED) is 0.0222. The summed E-state index contributed by atoms with van der Waals surface area (Å²) in [4.78, 5) is 73.0. The maximum atomic E-state index is 13.1. The average Bonchev–Trinajstić information content (AvgIpc) is 0.927. The predicted molar refractivity (Wildman–Crippen MR) is 414 cm³/mol. The molecule has 0 radical (unpaired) electrons. The highest BCUT2D eigenvalue weighted by atomic mass is 31.2. The number of hydrogen-bond donors (Lipinski definition) is 3. The molecule has 0 aromatic rings. The van der Waals surface area contributed by atoms with Crippen molar-refractivity contribution in [3.8, 4) is 0 Å². The van der Waals surface area contributed by atoms with E-state index in [0.29, 0.717) is 25.7 Å². The summed E-state index contributed by atoms with van der Waals surface area (Å²) >= 11 is 0. The van der Waals surface area contributed by atoms with Crippen LogP contribution in [0.5, 0.6) is 0 Å². The Labute approximate surface area is 619 Å². The molecule has 101 heavy (non-hydrogen) atoms. The third kappa shape index (κ3) is 76.1. The van der Waals surface area contributed by atoms with Crippen LogP contribution < -0.4 is 0 Å². The topological polar surface area (TPSA) is 237 Å². The lowest BCUT2D eigenvalue weighted by atomic mass is 10.0. The second-order valence-electron chi connectivity index (χ2n) is 30.9. The number of esters is 4. The van der Waals surface area contributed by atoms with E-state index in [0.717, 1.165) is 114 Å². The number of aliphatic hydroxyl groups is 1. The van der Waals surface area contributed by atoms with Gasteiger partial charge in [0.1, 0.15) is 19.3 Å². The van der Waals surface area contributed by atoms with Crippen molar-refractivity contribution < 1.29 is 80.2 Å². The summed E-state index contributed by atoms with van der Waals surface area (Å²) in [6.07, 6.45) is 61.1. The van der Waals surface area contributed by atoms with E-state index in [4.69, 9.17) is 37.0 Å². The van der Waals surface area contributed by atoms with Gasteiger partial charge in [-0.25, -0.2) is 9.13 Å². The maximum Gasteiger partial charge on any atom is 0.472 e. The molecule has 5 atom stereocenters. The molecule has 0 aliphatic heterocycles. The fourth-order valence-electron chi connectivity index (χ4n) is 12.7. The van der Waals surface area contributed by atoms with Gasteiger partial charge in [-0.1, -0.05) is 376 Å². The molecule has 3 N–H and O–H groups in total. The van der Waals surface area contributed by atoms with Crippen molar-refractivity contribution in [1.82, 2.24) is 0 Å². The van der Waals surface area contributed by atoms with E-state index >= 15 is 0 Å². The molecule has 0 aromatic heterocycles. The molecule has 0 aliphatic carbocycles. The van der Waals surface area contributed by atoms with Gasteiger partial charge in [0, 0.05) is 25.7 Å². The standard InChI is InChI=1S/C82H160O17P2/c1-8-9-10-11-12-42-49-56-63-79(84)92-69-77(98-81(86)66-59-52-45-38-32-26-20-19-23-29-35-41-48-55-62-75(6)7)71-96-100(88,89)94-67-76(83)68-95-101(90,91)97-72-78(99-82(87)65-58-51-44-37-31-25-18-14-16-22-28-34-40-47-54-61-74(4)5)70-93-80(85)64-57-50-43-36-30-24-17-13-15-21-27-33-39-46-53-60-73(2)3/h73-78,83H,8-72H2,1-7H3,(H,88,89)(H,90,91)/t76-,77+,78+/m0/s1. The first-order valence-corrected chi connectivity index (χ1v) is 45.3. The molecule has 0 aromatic carbocycles. The van der Waals surface area contributed by atoms with E-state index in [9.17, 15) is 43.2 Å². The van der Waals surface area contributed by atoms with Crippen molar-refractivity contribution in [3.63, 3.8) is 0 Å². The van der Waals surface area contributed by atoms with Crippen LogP contribution in [0.2, 0.25) is 0 Å². The number of rotatable bonds is 80. The number of phosphoric ester groups is 2. The zero-order chi connectivity index (χ0) is 74.4. The fraction of sp³-hybridized carbons (Fsp3) is 0.951. The van der Waals surface area contributed by atoms with Gasteiger partial charge >= 0.3 is 39.5 Å². The molecule has 0 amide bonds. The van der Waals surface area contributed by atoms with Gasteiger partial charge in [0.05, 0.1) is 26.4 Å². The van der Waals surface area contributed by atoms with E-state index in [-0.39, 0.29) is 25.7 Å². The molecule has 0 saturated carbocycles. The lowest BCUT2D eigenvalue weighted by molar-refractivity contribution is -0.161. The van der Waals surface area contributed by atoms with Gasteiger partial charge in [0.25, 0.3) is 0 Å². The van der Waals surface area contributed by atoms with E-state index < -0.39 is 97.5 Å². The van der Waals surface area contributed by atoms with Crippen LogP contribution in [0.1, 0.15) is 427 Å². The Morgan fingerprint density at radius 1 is 0.267 bits per heavy atom. The summed E-state index contributed by atoms with van der Waals surface area (Å²) in [7, 11) is -9.92. The zero-order valence-electron chi connectivity index (χ0n) is 66.4. The van der Waals surface area contributed by atoms with Gasteiger partial charge in [-0.05, 0) is 43.4 Å². The van der Waals surface area contributed by atoms with Crippen molar-refractivity contribution >= 4 is 39.5 Å². The highest BCUT2D eigenvalue weighted by molar-refractivity contribution is 7.47. The molecule has 0 bridgehead atoms. The molecule has 0 spiro atoms. The molecular weight excluding hydrogens is 1320 g/mol. The van der Waals surface area contributed by atoms with Crippen LogP contribution >= 0.6 is 15.6 Å². The number of aliphatic hydroxyl groups excluding tert-OH is 1. The van der Waals surface area contributed by atoms with Gasteiger partial charge in [0.15, 0.2) is 12.2 Å². The minimum Gasteiger partial charge on any atom is -0.462 e. The summed E-state index contributed by atoms with van der Waals surface area (Å²) in [5.41, 5.74) is 0. The maximum absolute atomic E-state index is 13.1. The number of phosphoric acid groups is 2. The summed E-state index contributed by atoms with van der Waals surface area (Å²) < 4.78 is 68.7. The molecule has 0 rings (SSSR count). The molecule has 2 unspecified atom stereocenters. The van der Waals surface area contributed by atoms with Crippen molar-refractivity contribution in [3.05, 3.63) is 0 Å². The Bertz CT molecular complexity index is 1960. The number of carbonyl (C=O) groups is 4. The molecule has 19 heteroatoms. The molecule has 600 valence electrons. The Morgan fingerprint density at radius 3 is 0.673 bits per heavy atom. The summed E-state index contributed by atoms with van der Waals surface area (Å²) in [6, 6.07) is 0. The highest BCUT2D eigenvalue weighted by Gasteiger charge is 2.30. The van der Waals surface area contributed by atoms with Gasteiger partial charge < -0.3 is 33.8 Å². The largest absolute Gasteiger partial charge is 0.472 e. The second-order valence-corrected chi connectivity index (χ2v) is 33.8. The molecular formula is C82H160O17P2. The summed E-state index contributed by atoms with van der Waals surface area (Å²) in [5.74, 6) is 0.293. The Hall–Kier alpha value is -1.94. The normalized spacial score (nSPS) is 14.0. The third-order valence-electron chi connectivity index (χ3n) is 19.1. The minimum absolute atomic E-state index is 0.107. The van der Waals surface area contributed by atoms with Crippen molar-refractivity contribution in [2.75, 3.05) is 39.6 Å². The van der Waals surface area contributed by atoms with Crippen LogP contribution in [0, 0.1) is 17.8 Å². The van der Waals surface area contributed by atoms with Crippen LogP contribution in [0.3, 0.4) is 0 Å². The number of ether oxygens (including phenoxy) is 4. The minimum atomic E-state index is -4.96. The van der Waals surface area contributed by atoms with Gasteiger partial charge in [0.2, 0.25) is 0 Å². The van der Waals surface area contributed by atoms with Crippen LogP contribution in [0.4, 0.5) is 0 Å². The predicted octanol–water partition coefficient (Wildman–Crippen LogP) is 24.5. The van der Waals surface area contributed by atoms with E-state index in [2.05, 4.69) is 48.5 Å². The lowest BCUT2D eigenvalue weighted by Crippen LogP contribution is -2.30. The number of unbranched alkanes of at least 4 members (excludes halogenated alkanes) is 48. The monoisotopic (exact) mass is 1480 g/mol. The average molecular weight is 1480 g/mol. The van der Waals surface area contributed by atoms with Gasteiger partial charge in [-0.3, -0.25) is 37.3 Å². The first kappa shape index (κ1) is 99.1. The van der Waals surface area contributed by atoms with Gasteiger partial charge in [-0.2, -0.15) is 0 Å². The van der Waals surface area contributed by atoms with Crippen molar-refractivity contribution in [1.29, 1.82) is 0 Å². The molecule has 0 saturated heterocycles. The van der Waals surface area contributed by atoms with Crippen LogP contribution in [-0.4, -0.2) is 96.7 Å². The Balaban J connectivity index is 5.20. The first-order valence-electron chi connectivity index (χ1n) is 42.3. The van der Waals surface area contributed by atoms with Crippen molar-refractivity contribution in [2.24, 2.45) is 17.8 Å². The highest BCUT2D eigenvalue weighted by Crippen LogP contribution is 2.45. The van der Waals surface area contributed by atoms with Crippen LogP contribution in [0.25, 0.3) is 0 Å². The lowest BCUT2D eigenvalue weighted by Gasteiger charge is -2.21. The number of carbonyl (C=O) groups excluding carboxylic acids is 4. The van der Waals surface area contributed by atoms with Crippen molar-refractivity contribution in [2.45, 2.75) is 446 Å². The van der Waals surface area contributed by atoms with Gasteiger partial charge in [-0.15, -0.1) is 0 Å². The second kappa shape index (κ2) is 72.3. The van der Waals surface area contributed by atoms with E-state index in [1.807, 2.05) is 0 Å². The summed E-state index contributed by atoms with van der Waals surface area (Å²) in [6.45, 7) is 12.0. The zero-order valence-corrected chi connectivity index (χ0v) is 68.2. The molecule has 0 heterocycles. The SMILES string of the molecule is CCCCCCCCCCC(=O)OC[C@H](COP(=O)(O)OC[C@H](O)COP(=O)(O)OC[C@@H](COC(=O)CCCCCCCCCCCCCCCCCC(C)C)OC(=O)CCCCCCCCCCCCCCCCCC(C)C)OC(=O)CCCCCCCCCCCCCCCCC(C)C. The first-order chi connectivity index (χ1) is 48.7. The van der Waals surface area contributed by atoms with Crippen LogP contribution in [-0.2, 0) is 65.4 Å².